The van der Waals surface area contributed by atoms with Crippen molar-refractivity contribution in [3.05, 3.63) is 18.3 Å². The number of hydrogen-bond acceptors (Lipinski definition) is 5. The number of nitrogens with zero attached hydrogens (tertiary/aromatic N) is 2. The molecule has 6 nitrogen and oxygen atoms in total. The number of nitrogens with two attached hydrogens (primary N) is 1. The van der Waals surface area contributed by atoms with Gasteiger partial charge in [0.1, 0.15) is 11.9 Å². The van der Waals surface area contributed by atoms with Crippen LogP contribution in [0.2, 0.25) is 0 Å². The zero-order valence-corrected chi connectivity index (χ0v) is 13.6. The number of carbonyl (C=O) groups is 1. The lowest BCUT2D eigenvalue weighted by Crippen LogP contribution is -2.35. The van der Waals surface area contributed by atoms with Crippen LogP contribution in [0.5, 0.6) is 0 Å². The third-order valence-electron chi connectivity index (χ3n) is 3.24. The molecule has 120 valence electrons. The van der Waals surface area contributed by atoms with Gasteiger partial charge in [-0.3, -0.25) is 4.79 Å². The molecule has 1 atom stereocenters. The minimum atomic E-state index is -0.627. The summed E-state index contributed by atoms with van der Waals surface area (Å²) in [7, 11) is 1.46. The maximum atomic E-state index is 11.8. The van der Waals surface area contributed by atoms with Crippen molar-refractivity contribution in [2.75, 3.05) is 37.0 Å². The molecule has 1 aliphatic rings. The van der Waals surface area contributed by atoms with Gasteiger partial charge < -0.3 is 20.7 Å². The summed E-state index contributed by atoms with van der Waals surface area (Å²) < 4.78 is 4.97. The van der Waals surface area contributed by atoms with Crippen LogP contribution < -0.4 is 16.0 Å². The van der Waals surface area contributed by atoms with Crippen LogP contribution >= 0.6 is 24.8 Å². The lowest BCUT2D eigenvalue weighted by atomic mass is 10.3. The second-order valence-electron chi connectivity index (χ2n) is 4.55. The maximum Gasteiger partial charge on any atom is 0.254 e. The van der Waals surface area contributed by atoms with Gasteiger partial charge in [-0.15, -0.1) is 24.8 Å². The van der Waals surface area contributed by atoms with Gasteiger partial charge in [0.15, 0.2) is 0 Å². The molecule has 0 aromatic carbocycles. The molecule has 8 heteroatoms. The number of carbonyl (C=O) groups excluding carboxylic acids is 1. The molecule has 3 N–H and O–H groups in total. The van der Waals surface area contributed by atoms with Gasteiger partial charge in [-0.1, -0.05) is 0 Å². The van der Waals surface area contributed by atoms with Gasteiger partial charge in [-0.05, 0) is 25.0 Å². The molecule has 2 heterocycles. The van der Waals surface area contributed by atoms with Crippen molar-refractivity contribution in [2.24, 2.45) is 5.73 Å². The van der Waals surface area contributed by atoms with Crippen LogP contribution in [0.3, 0.4) is 0 Å². The number of anilines is 2. The predicted octanol–water partition coefficient (Wildman–Crippen LogP) is 1.44. The molecule has 0 radical (unpaired) electrons. The van der Waals surface area contributed by atoms with Crippen molar-refractivity contribution in [1.82, 2.24) is 4.98 Å². The van der Waals surface area contributed by atoms with Crippen molar-refractivity contribution in [1.29, 1.82) is 0 Å². The van der Waals surface area contributed by atoms with Crippen LogP contribution in [-0.2, 0) is 9.53 Å². The van der Waals surface area contributed by atoms with Crippen LogP contribution in [0, 0.1) is 0 Å². The Balaban J connectivity index is 0.00000200. The first kappa shape index (κ1) is 19.9. The average molecular weight is 337 g/mol. The number of halogens is 2. The minimum absolute atomic E-state index is 0. The summed E-state index contributed by atoms with van der Waals surface area (Å²) in [4.78, 5) is 18.4. The highest BCUT2D eigenvalue weighted by Crippen LogP contribution is 2.19. The lowest BCUT2D eigenvalue weighted by Gasteiger charge is -2.17. The van der Waals surface area contributed by atoms with E-state index in [1.165, 1.54) is 20.0 Å². The first-order chi connectivity index (χ1) is 9.24. The van der Waals surface area contributed by atoms with Gasteiger partial charge >= 0.3 is 0 Å². The molecule has 1 amide bonds. The van der Waals surface area contributed by atoms with Crippen LogP contribution in [0.4, 0.5) is 11.5 Å². The number of pyridine rings is 1. The first-order valence-electron chi connectivity index (χ1n) is 6.49. The van der Waals surface area contributed by atoms with Crippen LogP contribution in [0.1, 0.15) is 12.8 Å². The molecule has 0 spiro atoms. The maximum absolute atomic E-state index is 11.8. The minimum Gasteiger partial charge on any atom is -0.370 e. The number of methoxy groups -OCH3 is 1. The monoisotopic (exact) mass is 336 g/mol. The van der Waals surface area contributed by atoms with E-state index in [1.807, 2.05) is 12.1 Å². The van der Waals surface area contributed by atoms with Crippen LogP contribution in [0.25, 0.3) is 0 Å². The van der Waals surface area contributed by atoms with Gasteiger partial charge in [0.25, 0.3) is 5.91 Å². The van der Waals surface area contributed by atoms with Crippen molar-refractivity contribution >= 4 is 42.2 Å². The highest BCUT2D eigenvalue weighted by atomic mass is 35.5. The quantitative estimate of drug-likeness (QED) is 0.850. The normalized spacial score (nSPS) is 14.9. The van der Waals surface area contributed by atoms with E-state index < -0.39 is 6.10 Å². The highest BCUT2D eigenvalue weighted by Gasteiger charge is 2.16. The van der Waals surface area contributed by atoms with Crippen molar-refractivity contribution in [3.8, 4) is 0 Å². The molecule has 1 saturated heterocycles. The Labute approximate surface area is 137 Å². The third kappa shape index (κ3) is 5.32. The van der Waals surface area contributed by atoms with Crippen LogP contribution in [-0.4, -0.2) is 43.7 Å². The Morgan fingerprint density at radius 1 is 1.43 bits per heavy atom. The van der Waals surface area contributed by atoms with E-state index in [9.17, 15) is 4.79 Å². The molecule has 21 heavy (non-hydrogen) atoms. The second-order valence-corrected chi connectivity index (χ2v) is 4.55. The predicted molar refractivity (Wildman–Crippen MR) is 88.7 cm³/mol. The van der Waals surface area contributed by atoms with Crippen LogP contribution in [0.15, 0.2) is 18.3 Å². The van der Waals surface area contributed by atoms with E-state index in [-0.39, 0.29) is 37.3 Å². The van der Waals surface area contributed by atoms with E-state index in [2.05, 4.69) is 15.2 Å². The molecule has 1 aliphatic heterocycles. The molecule has 1 aromatic heterocycles. The van der Waals surface area contributed by atoms with Crippen molar-refractivity contribution in [2.45, 2.75) is 18.9 Å². The Kier molecular flexibility index (Phi) is 9.28. The first-order valence-corrected chi connectivity index (χ1v) is 6.49. The van der Waals surface area contributed by atoms with Gasteiger partial charge in [-0.25, -0.2) is 4.98 Å². The summed E-state index contributed by atoms with van der Waals surface area (Å²) >= 11 is 0. The Hall–Kier alpha value is -1.08. The molecule has 1 unspecified atom stereocenters. The van der Waals surface area contributed by atoms with E-state index >= 15 is 0 Å². The SMILES string of the molecule is COC(CN)C(=O)Nc1ccc(N2CCCC2)nc1.Cl.Cl. The van der Waals surface area contributed by atoms with Gasteiger partial charge in [0, 0.05) is 26.7 Å². The molecule has 1 aromatic rings. The Bertz CT molecular complexity index is 421. The van der Waals surface area contributed by atoms with E-state index in [1.54, 1.807) is 6.20 Å². The Morgan fingerprint density at radius 2 is 2.10 bits per heavy atom. The number of aromatic nitrogens is 1. The molecular weight excluding hydrogens is 315 g/mol. The number of nitrogens with one attached hydrogen (secondary N) is 1. The number of ether oxygens (including phenoxy) is 1. The smallest absolute Gasteiger partial charge is 0.254 e. The van der Waals surface area contributed by atoms with E-state index in [0.717, 1.165) is 18.9 Å². The summed E-state index contributed by atoms with van der Waals surface area (Å²) in [5.41, 5.74) is 6.09. The zero-order valence-electron chi connectivity index (χ0n) is 11.9. The molecule has 0 saturated carbocycles. The summed E-state index contributed by atoms with van der Waals surface area (Å²) in [6, 6.07) is 3.77. The van der Waals surface area contributed by atoms with E-state index in [0.29, 0.717) is 5.69 Å². The van der Waals surface area contributed by atoms with Gasteiger partial charge in [-0.2, -0.15) is 0 Å². The fraction of sp³-hybridized carbons (Fsp3) is 0.538. The van der Waals surface area contributed by atoms with Gasteiger partial charge in [0.05, 0.1) is 11.9 Å². The highest BCUT2D eigenvalue weighted by molar-refractivity contribution is 5.94. The molecule has 2 rings (SSSR count). The van der Waals surface area contributed by atoms with Crippen molar-refractivity contribution in [3.63, 3.8) is 0 Å². The second kappa shape index (κ2) is 9.78. The summed E-state index contributed by atoms with van der Waals surface area (Å²) in [5.74, 6) is 0.707. The Morgan fingerprint density at radius 3 is 2.57 bits per heavy atom. The summed E-state index contributed by atoms with van der Waals surface area (Å²) in [6.45, 7) is 2.26. The number of amides is 1. The van der Waals surface area contributed by atoms with E-state index in [4.69, 9.17) is 10.5 Å². The molecule has 1 fully saturated rings. The largest absolute Gasteiger partial charge is 0.370 e. The van der Waals surface area contributed by atoms with Crippen molar-refractivity contribution < 1.29 is 9.53 Å². The molecule has 0 aliphatic carbocycles. The number of hydrogen-bond donors (Lipinski definition) is 2. The fourth-order valence-corrected chi connectivity index (χ4v) is 2.13. The summed E-state index contributed by atoms with van der Waals surface area (Å²) in [5, 5.41) is 2.74. The van der Waals surface area contributed by atoms with Gasteiger partial charge in [0.2, 0.25) is 0 Å². The zero-order chi connectivity index (χ0) is 13.7. The molecular formula is C13H22Cl2N4O2. The standard InChI is InChI=1S/C13H20N4O2.2ClH/c1-19-11(8-14)13(18)16-10-4-5-12(15-9-10)17-6-2-3-7-17;;/h4-5,9,11H,2-3,6-8,14H2,1H3,(H,16,18);2*1H. The summed E-state index contributed by atoms with van der Waals surface area (Å²) in [6.07, 6.45) is 3.46. The lowest BCUT2D eigenvalue weighted by molar-refractivity contribution is -0.125. The number of rotatable bonds is 5. The fourth-order valence-electron chi connectivity index (χ4n) is 2.13. The third-order valence-corrected chi connectivity index (χ3v) is 3.24. The topological polar surface area (TPSA) is 80.5 Å². The molecule has 0 bridgehead atoms. The average Bonchev–Trinajstić information content (AvgIpc) is 2.95.